The molecule has 1 aliphatic heterocycles. The molecule has 0 radical (unpaired) electrons. The van der Waals surface area contributed by atoms with E-state index in [9.17, 15) is 9.59 Å². The zero-order chi connectivity index (χ0) is 32.8. The molecule has 0 aliphatic carbocycles. The Morgan fingerprint density at radius 3 is 2.02 bits per heavy atom. The van der Waals surface area contributed by atoms with Gasteiger partial charge in [0.2, 0.25) is 0 Å². The molecule has 1 fully saturated rings. The minimum atomic E-state index is -2.98. The lowest BCUT2D eigenvalue weighted by molar-refractivity contribution is -0.121. The van der Waals surface area contributed by atoms with E-state index in [1.165, 1.54) is 5.57 Å². The van der Waals surface area contributed by atoms with Gasteiger partial charge in [0, 0.05) is 12.0 Å². The first-order chi connectivity index (χ1) is 20.5. The third kappa shape index (κ3) is 9.13. The maximum absolute atomic E-state index is 12.4. The number of benzene rings is 2. The van der Waals surface area contributed by atoms with E-state index in [-0.39, 0.29) is 40.1 Å². The number of carbonyl (C=O) groups excluding carboxylic acids is 1. The monoisotopic (exact) mass is 636 g/mol. The van der Waals surface area contributed by atoms with Crippen molar-refractivity contribution in [3.8, 4) is 0 Å². The van der Waals surface area contributed by atoms with Crippen LogP contribution in [0.25, 0.3) is 0 Å². The van der Waals surface area contributed by atoms with Gasteiger partial charge >= 0.3 is 0 Å². The molecule has 3 rings (SSSR count). The van der Waals surface area contributed by atoms with Crippen molar-refractivity contribution in [3.63, 3.8) is 0 Å². The summed E-state index contributed by atoms with van der Waals surface area (Å²) < 4.78 is 13.4. The quantitative estimate of drug-likeness (QED) is 0.114. The van der Waals surface area contributed by atoms with Crippen LogP contribution in [0, 0.1) is 5.92 Å². The first-order valence-corrected chi connectivity index (χ1v) is 21.7. The lowest BCUT2D eigenvalue weighted by Gasteiger charge is -2.41. The van der Waals surface area contributed by atoms with Crippen molar-refractivity contribution in [3.05, 3.63) is 72.8 Å². The van der Waals surface area contributed by atoms with E-state index >= 15 is 0 Å². The summed E-state index contributed by atoms with van der Waals surface area (Å²) in [7, 11) is -4.94. The Labute approximate surface area is 270 Å². The molecule has 0 unspecified atom stereocenters. The van der Waals surface area contributed by atoms with Gasteiger partial charge in [0.25, 0.3) is 8.32 Å². The molecule has 6 heteroatoms. The summed E-state index contributed by atoms with van der Waals surface area (Å²) >= 11 is 0. The Balaban J connectivity index is 1.57. The SMILES string of the molecule is C=C1C[C@H](CCCCC(C)(C)[Si](O)(c2ccccc2)c2ccccc2)O[C@H]1CC[C@H](C[C@@H](C)C(C)=O)O[Si](C)(C)C(C)(C)C. The molecule has 0 bridgehead atoms. The number of carbonyl (C=O) groups is 1. The molecular formula is C38H60O4Si2. The Kier molecular flexibility index (Phi) is 12.6. The molecule has 4 atom stereocenters. The van der Waals surface area contributed by atoms with E-state index in [1.54, 1.807) is 6.92 Å². The molecule has 1 saturated heterocycles. The predicted octanol–water partition coefficient (Wildman–Crippen LogP) is 8.58. The van der Waals surface area contributed by atoms with Crippen molar-refractivity contribution >= 4 is 32.8 Å². The van der Waals surface area contributed by atoms with Gasteiger partial charge in [-0.15, -0.1) is 0 Å². The third-order valence-corrected chi connectivity index (χ3v) is 19.7. The second kappa shape index (κ2) is 15.2. The summed E-state index contributed by atoms with van der Waals surface area (Å²) in [4.78, 5) is 24.5. The molecule has 0 spiro atoms. The van der Waals surface area contributed by atoms with E-state index < -0.39 is 16.6 Å². The van der Waals surface area contributed by atoms with Crippen LogP contribution in [0.15, 0.2) is 72.8 Å². The Bertz CT molecular complexity index is 1160. The number of hydrogen-bond donors (Lipinski definition) is 1. The van der Waals surface area contributed by atoms with Crippen molar-refractivity contribution in [1.82, 2.24) is 0 Å². The van der Waals surface area contributed by atoms with Crippen molar-refractivity contribution in [2.45, 2.75) is 141 Å². The largest absolute Gasteiger partial charge is 0.424 e. The Morgan fingerprint density at radius 2 is 1.52 bits per heavy atom. The smallest absolute Gasteiger partial charge is 0.258 e. The standard InChI is InChI=1S/C38H60O4Si2/c1-29(31(3)39)27-33(42-43(9,10)37(4,5)6)24-25-36-30(2)28-32(41-36)19-17-18-26-38(7,8)44(40,34-20-13-11-14-21-34)35-22-15-12-16-23-35/h11-16,20-23,29,32-33,36,40H,2,17-19,24-28H2,1,3-10H3/t29-,32+,33-,36+/m1/s1. The summed E-state index contributed by atoms with van der Waals surface area (Å²) in [5.41, 5.74) is 1.19. The number of rotatable bonds is 16. The molecule has 0 amide bonds. The molecule has 0 saturated carbocycles. The van der Waals surface area contributed by atoms with Gasteiger partial charge in [-0.05, 0) is 84.6 Å². The zero-order valence-corrected chi connectivity index (χ0v) is 31.1. The molecule has 1 aliphatic rings. The summed E-state index contributed by atoms with van der Waals surface area (Å²) in [5, 5.41) is 2.04. The fourth-order valence-corrected chi connectivity index (χ4v) is 11.6. The highest BCUT2D eigenvalue weighted by molar-refractivity contribution is 6.98. The molecule has 44 heavy (non-hydrogen) atoms. The Morgan fingerprint density at radius 1 is 0.977 bits per heavy atom. The van der Waals surface area contributed by atoms with Crippen LogP contribution < -0.4 is 10.4 Å². The maximum Gasteiger partial charge on any atom is 0.258 e. The molecule has 244 valence electrons. The number of ketones is 1. The first-order valence-electron chi connectivity index (χ1n) is 16.8. The third-order valence-electron chi connectivity index (χ3n) is 10.6. The zero-order valence-electron chi connectivity index (χ0n) is 29.1. The van der Waals surface area contributed by atoms with E-state index in [0.717, 1.165) is 61.7 Å². The van der Waals surface area contributed by atoms with Crippen molar-refractivity contribution in [1.29, 1.82) is 0 Å². The molecule has 1 N–H and O–H groups in total. The molecule has 0 aromatic heterocycles. The second-order valence-electron chi connectivity index (χ2n) is 15.5. The Hall–Kier alpha value is -1.84. The number of Topliss-reactive ketones (excluding diaryl/α,β-unsaturated/α-hetero) is 1. The van der Waals surface area contributed by atoms with Crippen LogP contribution >= 0.6 is 0 Å². The number of unbranched alkanes of at least 4 members (excludes halogenated alkanes) is 1. The van der Waals surface area contributed by atoms with Gasteiger partial charge in [-0.3, -0.25) is 4.79 Å². The van der Waals surface area contributed by atoms with Crippen molar-refractivity contribution in [2.24, 2.45) is 5.92 Å². The lowest BCUT2D eigenvalue weighted by Crippen LogP contribution is -2.65. The highest BCUT2D eigenvalue weighted by Crippen LogP contribution is 2.42. The predicted molar refractivity (Wildman–Crippen MR) is 191 cm³/mol. The molecule has 1 heterocycles. The minimum Gasteiger partial charge on any atom is -0.424 e. The molecular weight excluding hydrogens is 577 g/mol. The fourth-order valence-electron chi connectivity index (χ4n) is 6.39. The normalized spacial score (nSPS) is 19.6. The van der Waals surface area contributed by atoms with Gasteiger partial charge in [0.15, 0.2) is 8.32 Å². The van der Waals surface area contributed by atoms with Gasteiger partial charge in [0.1, 0.15) is 5.78 Å². The van der Waals surface area contributed by atoms with Gasteiger partial charge in [0.05, 0.1) is 12.2 Å². The molecule has 2 aromatic carbocycles. The topological polar surface area (TPSA) is 55.8 Å². The van der Waals surface area contributed by atoms with Gasteiger partial charge in [-0.1, -0.05) is 122 Å². The minimum absolute atomic E-state index is 0.000958. The van der Waals surface area contributed by atoms with E-state index in [1.807, 2.05) is 43.3 Å². The lowest BCUT2D eigenvalue weighted by atomic mass is 9.95. The van der Waals surface area contributed by atoms with Gasteiger partial charge < -0.3 is 14.0 Å². The molecule has 2 aromatic rings. The van der Waals surface area contributed by atoms with Crippen molar-refractivity contribution < 1.29 is 18.8 Å². The van der Waals surface area contributed by atoms with E-state index in [4.69, 9.17) is 9.16 Å². The fraction of sp³-hybridized carbons (Fsp3) is 0.605. The summed E-state index contributed by atoms with van der Waals surface area (Å²) in [6, 6.07) is 20.6. The summed E-state index contributed by atoms with van der Waals surface area (Å²) in [6.07, 6.45) is 7.85. The van der Waals surface area contributed by atoms with Crippen LogP contribution in [0.5, 0.6) is 0 Å². The van der Waals surface area contributed by atoms with Crippen molar-refractivity contribution in [2.75, 3.05) is 0 Å². The second-order valence-corrected chi connectivity index (χ2v) is 24.2. The van der Waals surface area contributed by atoms with Crippen LogP contribution in [0.3, 0.4) is 0 Å². The van der Waals surface area contributed by atoms with Crippen LogP contribution in [0.4, 0.5) is 0 Å². The van der Waals surface area contributed by atoms with Gasteiger partial charge in [-0.2, -0.15) is 0 Å². The maximum atomic E-state index is 12.4. The van der Waals surface area contributed by atoms with Crippen LogP contribution in [-0.2, 0) is 14.0 Å². The summed E-state index contributed by atoms with van der Waals surface area (Å²) in [6.45, 7) is 24.0. The number of ether oxygens (including phenoxy) is 1. The number of hydrogen-bond acceptors (Lipinski definition) is 4. The summed E-state index contributed by atoms with van der Waals surface area (Å²) in [5.74, 6) is 0.228. The highest BCUT2D eigenvalue weighted by Gasteiger charge is 2.49. The first kappa shape index (κ1) is 36.6. The van der Waals surface area contributed by atoms with E-state index in [2.05, 4.69) is 78.6 Å². The van der Waals surface area contributed by atoms with Crippen LogP contribution in [0.2, 0.25) is 23.2 Å². The van der Waals surface area contributed by atoms with Gasteiger partial charge in [-0.25, -0.2) is 0 Å². The molecule has 4 nitrogen and oxygen atoms in total. The average molecular weight is 637 g/mol. The van der Waals surface area contributed by atoms with Crippen LogP contribution in [0.1, 0.15) is 99.8 Å². The highest BCUT2D eigenvalue weighted by atomic mass is 28.4. The van der Waals surface area contributed by atoms with Crippen LogP contribution in [-0.4, -0.2) is 45.5 Å². The average Bonchev–Trinajstić information content (AvgIpc) is 3.32. The van der Waals surface area contributed by atoms with E-state index in [0.29, 0.717) is 0 Å².